The zero-order chi connectivity index (χ0) is 9.42. The molecule has 0 radical (unpaired) electrons. The Morgan fingerprint density at radius 3 is 2.92 bits per heavy atom. The summed E-state index contributed by atoms with van der Waals surface area (Å²) in [4.78, 5) is 11.0. The molecule has 0 spiro atoms. The number of rotatable bonds is 0. The molecule has 0 bridgehead atoms. The van der Waals surface area contributed by atoms with Gasteiger partial charge in [-0.15, -0.1) is 0 Å². The molecule has 2 rings (SSSR count). The van der Waals surface area contributed by atoms with Gasteiger partial charge in [-0.2, -0.15) is 0 Å². The van der Waals surface area contributed by atoms with Crippen molar-refractivity contribution >= 4 is 11.6 Å². The van der Waals surface area contributed by atoms with Crippen molar-refractivity contribution in [3.05, 3.63) is 29.1 Å². The lowest BCUT2D eigenvalue weighted by atomic mass is 10.0. The standard InChI is InChI=1S/C10H10FNO/c1-6-4-7-2-3-9(13)12-10(7)8(11)5-6/h4-5H,2-3H2,1H3,(H,12,13). The highest BCUT2D eigenvalue weighted by Gasteiger charge is 2.18. The van der Waals surface area contributed by atoms with Crippen molar-refractivity contribution in [3.8, 4) is 0 Å². The number of amides is 1. The second-order valence-electron chi connectivity index (χ2n) is 3.33. The highest BCUT2D eigenvalue weighted by atomic mass is 19.1. The average Bonchev–Trinajstić information content (AvgIpc) is 2.06. The fraction of sp³-hybridized carbons (Fsp3) is 0.300. The third kappa shape index (κ3) is 1.41. The van der Waals surface area contributed by atoms with Crippen molar-refractivity contribution in [1.29, 1.82) is 0 Å². The first-order valence-corrected chi connectivity index (χ1v) is 4.25. The number of nitrogens with one attached hydrogen (secondary N) is 1. The number of hydrogen-bond acceptors (Lipinski definition) is 1. The maximum absolute atomic E-state index is 13.3. The van der Waals surface area contributed by atoms with Crippen molar-refractivity contribution in [3.63, 3.8) is 0 Å². The predicted molar refractivity (Wildman–Crippen MR) is 48.1 cm³/mol. The summed E-state index contributed by atoms with van der Waals surface area (Å²) in [5, 5.41) is 2.54. The van der Waals surface area contributed by atoms with Crippen molar-refractivity contribution in [1.82, 2.24) is 0 Å². The highest BCUT2D eigenvalue weighted by Crippen LogP contribution is 2.26. The molecule has 0 atom stereocenters. The first-order chi connectivity index (χ1) is 6.16. The summed E-state index contributed by atoms with van der Waals surface area (Å²) in [5.41, 5.74) is 2.16. The molecule has 3 heteroatoms. The van der Waals surface area contributed by atoms with E-state index in [1.165, 1.54) is 6.07 Å². The van der Waals surface area contributed by atoms with Crippen molar-refractivity contribution in [2.75, 3.05) is 5.32 Å². The summed E-state index contributed by atoms with van der Waals surface area (Å²) in [5.74, 6) is -0.432. The molecule has 2 nitrogen and oxygen atoms in total. The predicted octanol–water partition coefficient (Wildman–Crippen LogP) is 2.02. The van der Waals surface area contributed by atoms with Crippen LogP contribution in [0.3, 0.4) is 0 Å². The molecule has 0 unspecified atom stereocenters. The summed E-state index contributed by atoms with van der Waals surface area (Å²) in [6, 6.07) is 3.35. The summed E-state index contributed by atoms with van der Waals surface area (Å²) < 4.78 is 13.3. The number of carbonyl (C=O) groups is 1. The Morgan fingerprint density at radius 1 is 1.38 bits per heavy atom. The molecule has 68 valence electrons. The largest absolute Gasteiger partial charge is 0.323 e. The van der Waals surface area contributed by atoms with Gasteiger partial charge in [-0.05, 0) is 30.5 Å². The third-order valence-electron chi connectivity index (χ3n) is 2.20. The molecule has 1 aromatic carbocycles. The molecular weight excluding hydrogens is 169 g/mol. The Balaban J connectivity index is 2.53. The molecular formula is C10H10FNO. The minimum Gasteiger partial charge on any atom is -0.323 e. The molecule has 0 saturated carbocycles. The zero-order valence-corrected chi connectivity index (χ0v) is 7.36. The molecule has 1 amide bonds. The van der Waals surface area contributed by atoms with E-state index < -0.39 is 0 Å². The van der Waals surface area contributed by atoms with E-state index >= 15 is 0 Å². The van der Waals surface area contributed by atoms with E-state index in [-0.39, 0.29) is 11.7 Å². The number of halogens is 1. The van der Waals surface area contributed by atoms with E-state index in [0.29, 0.717) is 18.5 Å². The fourth-order valence-corrected chi connectivity index (χ4v) is 1.60. The van der Waals surface area contributed by atoms with E-state index in [2.05, 4.69) is 5.32 Å². The smallest absolute Gasteiger partial charge is 0.224 e. The van der Waals surface area contributed by atoms with Crippen LogP contribution >= 0.6 is 0 Å². The monoisotopic (exact) mass is 179 g/mol. The number of hydrogen-bond donors (Lipinski definition) is 1. The molecule has 0 fully saturated rings. The molecule has 1 aliphatic rings. The van der Waals surface area contributed by atoms with Crippen LogP contribution < -0.4 is 5.32 Å². The molecule has 13 heavy (non-hydrogen) atoms. The van der Waals surface area contributed by atoms with Gasteiger partial charge in [0.15, 0.2) is 0 Å². The maximum atomic E-state index is 13.3. The molecule has 0 saturated heterocycles. The van der Waals surface area contributed by atoms with E-state index in [9.17, 15) is 9.18 Å². The van der Waals surface area contributed by atoms with Crippen molar-refractivity contribution < 1.29 is 9.18 Å². The SMILES string of the molecule is Cc1cc(F)c2c(c1)CCC(=O)N2. The van der Waals surface area contributed by atoms with Gasteiger partial charge in [0.25, 0.3) is 0 Å². The van der Waals surface area contributed by atoms with Gasteiger partial charge < -0.3 is 5.32 Å². The van der Waals surface area contributed by atoms with Crippen LogP contribution in [0.1, 0.15) is 17.5 Å². The first kappa shape index (κ1) is 8.23. The minimum atomic E-state index is -0.331. The topological polar surface area (TPSA) is 29.1 Å². The average molecular weight is 179 g/mol. The van der Waals surface area contributed by atoms with Crippen LogP contribution in [0, 0.1) is 12.7 Å². The Labute approximate surface area is 75.8 Å². The third-order valence-corrected chi connectivity index (χ3v) is 2.20. The number of anilines is 1. The summed E-state index contributed by atoms with van der Waals surface area (Å²) >= 11 is 0. The fourth-order valence-electron chi connectivity index (χ4n) is 1.60. The van der Waals surface area contributed by atoms with E-state index in [0.717, 1.165) is 11.1 Å². The summed E-state index contributed by atoms with van der Waals surface area (Å²) in [7, 11) is 0. The number of aryl methyl sites for hydroxylation is 2. The van der Waals surface area contributed by atoms with Crippen molar-refractivity contribution in [2.45, 2.75) is 19.8 Å². The number of fused-ring (bicyclic) bond motifs is 1. The second-order valence-corrected chi connectivity index (χ2v) is 3.33. The minimum absolute atomic E-state index is 0.102. The van der Waals surface area contributed by atoms with Gasteiger partial charge in [-0.25, -0.2) is 4.39 Å². The van der Waals surface area contributed by atoms with Gasteiger partial charge in [0.2, 0.25) is 5.91 Å². The molecule has 1 N–H and O–H groups in total. The quantitative estimate of drug-likeness (QED) is 0.648. The van der Waals surface area contributed by atoms with Gasteiger partial charge in [0.05, 0.1) is 5.69 Å². The van der Waals surface area contributed by atoms with Crippen LogP contribution in [-0.2, 0) is 11.2 Å². The van der Waals surface area contributed by atoms with Crippen LogP contribution in [-0.4, -0.2) is 5.91 Å². The van der Waals surface area contributed by atoms with Crippen LogP contribution in [0.25, 0.3) is 0 Å². The Bertz CT molecular complexity index is 373. The maximum Gasteiger partial charge on any atom is 0.224 e. The van der Waals surface area contributed by atoms with Gasteiger partial charge in [0.1, 0.15) is 5.82 Å². The Morgan fingerprint density at radius 2 is 2.15 bits per heavy atom. The molecule has 1 aromatic rings. The highest BCUT2D eigenvalue weighted by molar-refractivity contribution is 5.94. The van der Waals surface area contributed by atoms with Crippen LogP contribution in [0.5, 0.6) is 0 Å². The summed E-state index contributed by atoms with van der Waals surface area (Å²) in [6.45, 7) is 1.85. The molecule has 1 aliphatic heterocycles. The van der Waals surface area contributed by atoms with E-state index in [1.54, 1.807) is 0 Å². The van der Waals surface area contributed by atoms with Crippen LogP contribution in [0.4, 0.5) is 10.1 Å². The Kier molecular flexibility index (Phi) is 1.79. The van der Waals surface area contributed by atoms with Gasteiger partial charge in [-0.3, -0.25) is 4.79 Å². The van der Waals surface area contributed by atoms with Crippen LogP contribution in [0.2, 0.25) is 0 Å². The molecule has 1 heterocycles. The Hall–Kier alpha value is -1.38. The normalized spacial score (nSPS) is 15.1. The van der Waals surface area contributed by atoms with Gasteiger partial charge >= 0.3 is 0 Å². The zero-order valence-electron chi connectivity index (χ0n) is 7.36. The number of carbonyl (C=O) groups excluding carboxylic acids is 1. The van der Waals surface area contributed by atoms with Gasteiger partial charge in [0, 0.05) is 6.42 Å². The molecule has 0 aliphatic carbocycles. The number of benzene rings is 1. The lowest BCUT2D eigenvalue weighted by molar-refractivity contribution is -0.116. The first-order valence-electron chi connectivity index (χ1n) is 4.25. The summed E-state index contributed by atoms with van der Waals surface area (Å²) in [6.07, 6.45) is 1.09. The van der Waals surface area contributed by atoms with Gasteiger partial charge in [-0.1, -0.05) is 6.07 Å². The molecule has 0 aromatic heterocycles. The van der Waals surface area contributed by atoms with E-state index in [1.807, 2.05) is 13.0 Å². The second kappa shape index (κ2) is 2.83. The van der Waals surface area contributed by atoms with Crippen molar-refractivity contribution in [2.24, 2.45) is 0 Å². The lowest BCUT2D eigenvalue weighted by Gasteiger charge is -2.17. The van der Waals surface area contributed by atoms with E-state index in [4.69, 9.17) is 0 Å². The van der Waals surface area contributed by atoms with Crippen LogP contribution in [0.15, 0.2) is 12.1 Å². The lowest BCUT2D eigenvalue weighted by Crippen LogP contribution is -2.20.